The first-order chi connectivity index (χ1) is 9.72. The van der Waals surface area contributed by atoms with Crippen molar-refractivity contribution >= 4 is 45.0 Å². The number of nitrogens with one attached hydrogen (secondary N) is 2. The maximum absolute atomic E-state index is 6.02. The summed E-state index contributed by atoms with van der Waals surface area (Å²) in [5.41, 5.74) is 4.39. The smallest absolute Gasteiger partial charge is 0.0475 e. The van der Waals surface area contributed by atoms with Crippen molar-refractivity contribution in [3.05, 3.63) is 58.8 Å². The average Bonchev–Trinajstić information content (AvgIpc) is 3.01. The molecule has 4 rings (SSSR count). The van der Waals surface area contributed by atoms with Crippen LogP contribution < -0.4 is 0 Å². The Morgan fingerprint density at radius 2 is 1.10 bits per heavy atom. The molecule has 0 bridgehead atoms. The summed E-state index contributed by atoms with van der Waals surface area (Å²) < 4.78 is 0. The highest BCUT2D eigenvalue weighted by molar-refractivity contribution is 6.32. The van der Waals surface area contributed by atoms with E-state index < -0.39 is 0 Å². The Hall–Kier alpha value is -1.90. The minimum atomic E-state index is 0.733. The van der Waals surface area contributed by atoms with Gasteiger partial charge in [-0.2, -0.15) is 0 Å². The predicted octanol–water partition coefficient (Wildman–Crippen LogP) is 5.62. The maximum atomic E-state index is 6.02. The van der Waals surface area contributed by atoms with Crippen molar-refractivity contribution in [3.63, 3.8) is 0 Å². The van der Waals surface area contributed by atoms with E-state index in [9.17, 15) is 0 Å². The van der Waals surface area contributed by atoms with Gasteiger partial charge in [-0.05, 0) is 24.3 Å². The molecule has 2 aromatic carbocycles. The summed E-state index contributed by atoms with van der Waals surface area (Å²) in [7, 11) is 0. The Bertz CT molecular complexity index is 856. The van der Waals surface area contributed by atoms with Gasteiger partial charge < -0.3 is 9.97 Å². The Morgan fingerprint density at radius 3 is 1.55 bits per heavy atom. The van der Waals surface area contributed by atoms with Crippen LogP contribution in [0.3, 0.4) is 0 Å². The fraction of sp³-hybridized carbons (Fsp3) is 0. The molecular weight excluding hydrogens is 291 g/mol. The lowest BCUT2D eigenvalue weighted by Gasteiger charge is -1.99. The summed E-state index contributed by atoms with van der Waals surface area (Å²) in [6.07, 6.45) is 4.02. The zero-order valence-corrected chi connectivity index (χ0v) is 11.9. The highest BCUT2D eigenvalue weighted by atomic mass is 35.5. The zero-order chi connectivity index (χ0) is 13.7. The van der Waals surface area contributed by atoms with Gasteiger partial charge in [0.25, 0.3) is 0 Å². The van der Waals surface area contributed by atoms with E-state index >= 15 is 0 Å². The lowest BCUT2D eigenvalue weighted by Crippen LogP contribution is -1.73. The number of hydrogen-bond donors (Lipinski definition) is 2. The largest absolute Gasteiger partial charge is 0.360 e. The fourth-order valence-electron chi connectivity index (χ4n) is 2.64. The van der Waals surface area contributed by atoms with E-state index in [1.165, 1.54) is 0 Å². The second kappa shape index (κ2) is 4.30. The van der Waals surface area contributed by atoms with Gasteiger partial charge >= 0.3 is 0 Å². The first-order valence-electron chi connectivity index (χ1n) is 6.26. The third kappa shape index (κ3) is 1.73. The lowest BCUT2D eigenvalue weighted by atomic mass is 10.0. The highest BCUT2D eigenvalue weighted by Crippen LogP contribution is 2.35. The van der Waals surface area contributed by atoms with Gasteiger partial charge in [0.2, 0.25) is 0 Å². The molecular formula is C16H10Cl2N2. The van der Waals surface area contributed by atoms with Gasteiger partial charge in [-0.25, -0.2) is 0 Å². The van der Waals surface area contributed by atoms with Crippen LogP contribution >= 0.6 is 23.2 Å². The van der Waals surface area contributed by atoms with Crippen LogP contribution in [-0.4, -0.2) is 9.97 Å². The number of hydrogen-bond acceptors (Lipinski definition) is 0. The average molecular weight is 301 g/mol. The number of benzene rings is 2. The van der Waals surface area contributed by atoms with Crippen molar-refractivity contribution in [2.24, 2.45) is 0 Å². The van der Waals surface area contributed by atoms with Gasteiger partial charge in [0.1, 0.15) is 0 Å². The quantitative estimate of drug-likeness (QED) is 0.457. The number of rotatable bonds is 1. The zero-order valence-electron chi connectivity index (χ0n) is 10.4. The normalized spacial score (nSPS) is 11.5. The SMILES string of the molecule is Clc1ccc2c(-c3c[nH]c4cc(Cl)ccc34)c[nH]c2c1. The topological polar surface area (TPSA) is 31.6 Å². The van der Waals surface area contributed by atoms with Gasteiger partial charge in [0.05, 0.1) is 0 Å². The third-order valence-corrected chi connectivity index (χ3v) is 4.05. The van der Waals surface area contributed by atoms with Crippen LogP contribution in [0, 0.1) is 0 Å². The van der Waals surface area contributed by atoms with Gasteiger partial charge in [0.15, 0.2) is 0 Å². The van der Waals surface area contributed by atoms with Crippen molar-refractivity contribution in [1.82, 2.24) is 9.97 Å². The van der Waals surface area contributed by atoms with E-state index in [2.05, 4.69) is 9.97 Å². The minimum Gasteiger partial charge on any atom is -0.360 e. The number of aromatic nitrogens is 2. The van der Waals surface area contributed by atoms with Gasteiger partial charge in [-0.15, -0.1) is 0 Å². The van der Waals surface area contributed by atoms with E-state index in [1.54, 1.807) is 0 Å². The molecule has 0 saturated heterocycles. The summed E-state index contributed by atoms with van der Waals surface area (Å²) in [6, 6.07) is 11.8. The van der Waals surface area contributed by atoms with Crippen molar-refractivity contribution < 1.29 is 0 Å². The second-order valence-electron chi connectivity index (χ2n) is 4.78. The highest BCUT2D eigenvalue weighted by Gasteiger charge is 2.11. The molecule has 2 N–H and O–H groups in total. The standard InChI is InChI=1S/C16H10Cl2N2/c17-9-1-3-11-13(7-19-15(11)5-9)14-8-20-16-6-10(18)2-4-12(14)16/h1-8,19-20H. The van der Waals surface area contributed by atoms with Crippen LogP contribution in [-0.2, 0) is 0 Å². The number of fused-ring (bicyclic) bond motifs is 2. The van der Waals surface area contributed by atoms with Crippen molar-refractivity contribution in [2.75, 3.05) is 0 Å². The summed E-state index contributed by atoms with van der Waals surface area (Å²) in [5.74, 6) is 0. The van der Waals surface area contributed by atoms with Crippen molar-refractivity contribution in [3.8, 4) is 11.1 Å². The molecule has 0 radical (unpaired) electrons. The Kier molecular flexibility index (Phi) is 2.56. The van der Waals surface area contributed by atoms with E-state index in [1.807, 2.05) is 48.8 Å². The molecule has 4 aromatic rings. The molecule has 0 aliphatic carbocycles. The van der Waals surface area contributed by atoms with Crippen LogP contribution in [0.4, 0.5) is 0 Å². The molecule has 0 amide bonds. The summed E-state index contributed by atoms with van der Waals surface area (Å²) in [6.45, 7) is 0. The monoisotopic (exact) mass is 300 g/mol. The van der Waals surface area contributed by atoms with Gasteiger partial charge in [-0.3, -0.25) is 0 Å². The molecule has 4 heteroatoms. The first-order valence-corrected chi connectivity index (χ1v) is 7.01. The fourth-order valence-corrected chi connectivity index (χ4v) is 2.99. The maximum Gasteiger partial charge on any atom is 0.0475 e. The summed E-state index contributed by atoms with van der Waals surface area (Å²) in [5, 5.41) is 3.78. The van der Waals surface area contributed by atoms with Crippen LogP contribution in [0.15, 0.2) is 48.8 Å². The van der Waals surface area contributed by atoms with Crippen LogP contribution in [0.5, 0.6) is 0 Å². The Morgan fingerprint density at radius 1 is 0.650 bits per heavy atom. The van der Waals surface area contributed by atoms with Gasteiger partial charge in [-0.1, -0.05) is 35.3 Å². The molecule has 0 atom stereocenters. The van der Waals surface area contributed by atoms with E-state index in [4.69, 9.17) is 23.2 Å². The third-order valence-electron chi connectivity index (χ3n) is 3.58. The second-order valence-corrected chi connectivity index (χ2v) is 5.66. The molecule has 0 aliphatic rings. The summed E-state index contributed by atoms with van der Waals surface area (Å²) >= 11 is 12.0. The molecule has 20 heavy (non-hydrogen) atoms. The van der Waals surface area contributed by atoms with Crippen molar-refractivity contribution in [2.45, 2.75) is 0 Å². The first kappa shape index (κ1) is 11.9. The number of halogens is 2. The molecule has 98 valence electrons. The summed E-state index contributed by atoms with van der Waals surface area (Å²) in [4.78, 5) is 6.54. The predicted molar refractivity (Wildman–Crippen MR) is 85.6 cm³/mol. The van der Waals surface area contributed by atoms with Crippen LogP contribution in [0.1, 0.15) is 0 Å². The van der Waals surface area contributed by atoms with E-state index in [0.29, 0.717) is 0 Å². The van der Waals surface area contributed by atoms with E-state index in [0.717, 1.165) is 43.0 Å². The van der Waals surface area contributed by atoms with Crippen LogP contribution in [0.25, 0.3) is 32.9 Å². The molecule has 0 spiro atoms. The molecule has 2 aromatic heterocycles. The van der Waals surface area contributed by atoms with Gasteiger partial charge in [0, 0.05) is 55.4 Å². The molecule has 2 nitrogen and oxygen atoms in total. The molecule has 2 heterocycles. The minimum absolute atomic E-state index is 0.733. The number of H-pyrrole nitrogens is 2. The Balaban J connectivity index is 2.01. The van der Waals surface area contributed by atoms with Crippen LogP contribution in [0.2, 0.25) is 10.0 Å². The molecule has 0 aliphatic heterocycles. The molecule has 0 unspecified atom stereocenters. The molecule has 0 saturated carbocycles. The van der Waals surface area contributed by atoms with Crippen molar-refractivity contribution in [1.29, 1.82) is 0 Å². The lowest BCUT2D eigenvalue weighted by molar-refractivity contribution is 1.46. The van der Waals surface area contributed by atoms with E-state index in [-0.39, 0.29) is 0 Å². The molecule has 0 fully saturated rings. The Labute approximate surface area is 125 Å². The number of aromatic amines is 2.